The van der Waals surface area contributed by atoms with Crippen LogP contribution in [0.1, 0.15) is 46.0 Å². The Kier molecular flexibility index (Phi) is 7.62. The summed E-state index contributed by atoms with van der Waals surface area (Å²) < 4.78 is 1.17. The zero-order chi connectivity index (χ0) is 15.0. The maximum atomic E-state index is 12.0. The van der Waals surface area contributed by atoms with Crippen LogP contribution in [0, 0.1) is 0 Å². The molecule has 0 bridgehead atoms. The number of hydrogen-bond acceptors (Lipinski definition) is 4. The molecule has 6 heteroatoms. The first-order chi connectivity index (χ1) is 9.63. The van der Waals surface area contributed by atoms with E-state index < -0.39 is 0 Å². The molecule has 0 saturated carbocycles. The molecule has 0 saturated heterocycles. The number of rotatable bonds is 9. The van der Waals surface area contributed by atoms with E-state index in [-0.39, 0.29) is 23.7 Å². The van der Waals surface area contributed by atoms with Crippen LogP contribution in [0.5, 0.6) is 0 Å². The van der Waals surface area contributed by atoms with E-state index in [0.717, 1.165) is 32.1 Å². The fourth-order valence-corrected chi connectivity index (χ4v) is 2.33. The largest absolute Gasteiger partial charge is 0.394 e. The molecule has 0 radical (unpaired) electrons. The van der Waals surface area contributed by atoms with Crippen molar-refractivity contribution in [1.82, 2.24) is 9.78 Å². The lowest BCUT2D eigenvalue weighted by atomic mass is 10.1. The summed E-state index contributed by atoms with van der Waals surface area (Å²) in [7, 11) is 0. The minimum absolute atomic E-state index is 0.134. The summed E-state index contributed by atoms with van der Waals surface area (Å²) in [6.07, 6.45) is 7.02. The van der Waals surface area contributed by atoms with Gasteiger partial charge in [0.25, 0.3) is 5.56 Å². The molecule has 1 atom stereocenters. The summed E-state index contributed by atoms with van der Waals surface area (Å²) in [5.41, 5.74) is 0.219. The smallest absolute Gasteiger partial charge is 0.287 e. The number of nitrogens with zero attached hydrogens (tertiary/aromatic N) is 2. The van der Waals surface area contributed by atoms with E-state index in [1.165, 1.54) is 4.68 Å². The second kappa shape index (κ2) is 8.97. The molecule has 1 unspecified atom stereocenters. The molecule has 1 rings (SSSR count). The number of aliphatic hydroxyl groups excluding tert-OH is 1. The normalized spacial score (nSPS) is 12.4. The number of nitrogens with one attached hydrogen (secondary N) is 1. The van der Waals surface area contributed by atoms with Crippen LogP contribution >= 0.6 is 11.6 Å². The third kappa shape index (κ3) is 4.80. The molecule has 20 heavy (non-hydrogen) atoms. The SMILES string of the molecule is CCCCC(CCC)Nc1cnn(CCO)c(=O)c1Cl. The van der Waals surface area contributed by atoms with Gasteiger partial charge < -0.3 is 10.4 Å². The van der Waals surface area contributed by atoms with Crippen molar-refractivity contribution < 1.29 is 5.11 Å². The Morgan fingerprint density at radius 3 is 2.75 bits per heavy atom. The highest BCUT2D eigenvalue weighted by molar-refractivity contribution is 6.32. The van der Waals surface area contributed by atoms with Crippen molar-refractivity contribution in [1.29, 1.82) is 0 Å². The van der Waals surface area contributed by atoms with Crippen molar-refractivity contribution >= 4 is 17.3 Å². The quantitative estimate of drug-likeness (QED) is 0.736. The maximum Gasteiger partial charge on any atom is 0.287 e. The minimum Gasteiger partial charge on any atom is -0.394 e. The second-order valence-corrected chi connectivity index (χ2v) is 5.27. The predicted octanol–water partition coefficient (Wildman–Crippen LogP) is 2.66. The van der Waals surface area contributed by atoms with Crippen LogP contribution in [0.3, 0.4) is 0 Å². The van der Waals surface area contributed by atoms with E-state index in [2.05, 4.69) is 24.3 Å². The summed E-state index contributed by atoms with van der Waals surface area (Å²) in [5.74, 6) is 0. The highest BCUT2D eigenvalue weighted by Crippen LogP contribution is 2.19. The van der Waals surface area contributed by atoms with Gasteiger partial charge in [-0.1, -0.05) is 44.7 Å². The number of unbranched alkanes of at least 4 members (excludes halogenated alkanes) is 1. The lowest BCUT2D eigenvalue weighted by Crippen LogP contribution is -2.27. The Bertz CT molecular complexity index is 462. The van der Waals surface area contributed by atoms with Gasteiger partial charge in [0.1, 0.15) is 5.02 Å². The molecular formula is C14H24ClN3O2. The van der Waals surface area contributed by atoms with E-state index in [9.17, 15) is 4.79 Å². The van der Waals surface area contributed by atoms with Crippen LogP contribution in [0.25, 0.3) is 0 Å². The standard InChI is InChI=1S/C14H24ClN3O2/c1-3-5-7-11(6-4-2)17-12-10-16-18(8-9-19)14(20)13(12)15/h10-11,17,19H,3-9H2,1-2H3. The average molecular weight is 302 g/mol. The fraction of sp³-hybridized carbons (Fsp3) is 0.714. The molecule has 0 aliphatic heterocycles. The third-order valence-electron chi connectivity index (χ3n) is 3.20. The third-order valence-corrected chi connectivity index (χ3v) is 3.56. The van der Waals surface area contributed by atoms with Crippen molar-refractivity contribution in [2.24, 2.45) is 0 Å². The lowest BCUT2D eigenvalue weighted by molar-refractivity contribution is 0.266. The first-order valence-corrected chi connectivity index (χ1v) is 7.64. The van der Waals surface area contributed by atoms with Crippen LogP contribution in [0.4, 0.5) is 5.69 Å². The topological polar surface area (TPSA) is 67.2 Å². The fourth-order valence-electron chi connectivity index (χ4n) is 2.13. The molecular weight excluding hydrogens is 278 g/mol. The van der Waals surface area contributed by atoms with E-state index in [4.69, 9.17) is 16.7 Å². The highest BCUT2D eigenvalue weighted by atomic mass is 35.5. The van der Waals surface area contributed by atoms with Crippen molar-refractivity contribution in [3.8, 4) is 0 Å². The zero-order valence-corrected chi connectivity index (χ0v) is 13.0. The monoisotopic (exact) mass is 301 g/mol. The molecule has 0 aliphatic rings. The number of hydrogen-bond donors (Lipinski definition) is 2. The molecule has 1 aromatic rings. The van der Waals surface area contributed by atoms with Crippen molar-refractivity contribution in [3.05, 3.63) is 21.6 Å². The van der Waals surface area contributed by atoms with E-state index in [1.807, 2.05) is 0 Å². The first-order valence-electron chi connectivity index (χ1n) is 7.27. The molecule has 0 aromatic carbocycles. The van der Waals surface area contributed by atoms with Crippen molar-refractivity contribution in [3.63, 3.8) is 0 Å². The van der Waals surface area contributed by atoms with Crippen LogP contribution in [0.2, 0.25) is 5.02 Å². The Labute approximate surface area is 125 Å². The average Bonchev–Trinajstić information content (AvgIpc) is 2.44. The van der Waals surface area contributed by atoms with E-state index >= 15 is 0 Å². The van der Waals surface area contributed by atoms with Gasteiger partial charge in [-0.15, -0.1) is 0 Å². The zero-order valence-electron chi connectivity index (χ0n) is 12.2. The van der Waals surface area contributed by atoms with Gasteiger partial charge in [-0.2, -0.15) is 5.10 Å². The van der Waals surface area contributed by atoms with Crippen LogP contribution in [0.15, 0.2) is 11.0 Å². The van der Waals surface area contributed by atoms with Gasteiger partial charge >= 0.3 is 0 Å². The van der Waals surface area contributed by atoms with Gasteiger partial charge in [0, 0.05) is 6.04 Å². The lowest BCUT2D eigenvalue weighted by Gasteiger charge is -2.19. The van der Waals surface area contributed by atoms with Crippen LogP contribution < -0.4 is 10.9 Å². The maximum absolute atomic E-state index is 12.0. The minimum atomic E-state index is -0.364. The molecule has 0 amide bonds. The Hall–Kier alpha value is -1.07. The molecule has 1 heterocycles. The second-order valence-electron chi connectivity index (χ2n) is 4.90. The van der Waals surface area contributed by atoms with Gasteiger partial charge in [0.05, 0.1) is 25.0 Å². The Morgan fingerprint density at radius 1 is 1.40 bits per heavy atom. The number of aliphatic hydroxyl groups is 1. The Balaban J connectivity index is 2.84. The molecule has 1 aromatic heterocycles. The van der Waals surface area contributed by atoms with Crippen LogP contribution in [-0.2, 0) is 6.54 Å². The molecule has 5 nitrogen and oxygen atoms in total. The molecule has 0 aliphatic carbocycles. The highest BCUT2D eigenvalue weighted by Gasteiger charge is 2.13. The predicted molar refractivity (Wildman–Crippen MR) is 82.4 cm³/mol. The Morgan fingerprint density at radius 2 is 2.15 bits per heavy atom. The number of halogens is 1. The number of anilines is 1. The summed E-state index contributed by atoms with van der Waals surface area (Å²) >= 11 is 6.09. The summed E-state index contributed by atoms with van der Waals surface area (Å²) in [4.78, 5) is 12.0. The molecule has 114 valence electrons. The van der Waals surface area contributed by atoms with Gasteiger partial charge in [-0.3, -0.25) is 4.79 Å². The number of aromatic nitrogens is 2. The molecule has 0 spiro atoms. The van der Waals surface area contributed by atoms with Gasteiger partial charge in [-0.25, -0.2) is 4.68 Å². The first kappa shape index (κ1) is 17.0. The summed E-state index contributed by atoms with van der Waals surface area (Å²) in [5, 5.41) is 16.3. The van der Waals surface area contributed by atoms with E-state index in [0.29, 0.717) is 11.7 Å². The van der Waals surface area contributed by atoms with Crippen molar-refractivity contribution in [2.45, 2.75) is 58.5 Å². The van der Waals surface area contributed by atoms with Gasteiger partial charge in [0.2, 0.25) is 0 Å². The van der Waals surface area contributed by atoms with Gasteiger partial charge in [-0.05, 0) is 12.8 Å². The van der Waals surface area contributed by atoms with Crippen molar-refractivity contribution in [2.75, 3.05) is 11.9 Å². The van der Waals surface area contributed by atoms with E-state index in [1.54, 1.807) is 6.20 Å². The summed E-state index contributed by atoms with van der Waals surface area (Å²) in [6.45, 7) is 4.32. The van der Waals surface area contributed by atoms with Gasteiger partial charge in [0.15, 0.2) is 0 Å². The summed E-state index contributed by atoms with van der Waals surface area (Å²) in [6, 6.07) is 0.312. The molecule has 2 N–H and O–H groups in total. The van der Waals surface area contributed by atoms with Crippen LogP contribution in [-0.4, -0.2) is 27.5 Å². The molecule has 0 fully saturated rings.